The van der Waals surface area contributed by atoms with Crippen molar-refractivity contribution in [3.8, 4) is 17.4 Å². The van der Waals surface area contributed by atoms with Gasteiger partial charge in [-0.05, 0) is 24.6 Å². The lowest BCUT2D eigenvalue weighted by Gasteiger charge is -2.06. The topological polar surface area (TPSA) is 45.4 Å². The highest BCUT2D eigenvalue weighted by Crippen LogP contribution is 2.26. The maximum Gasteiger partial charge on any atom is 0.198 e. The largest absolute Gasteiger partial charge is 0.494 e. The SMILES string of the molecule is Cc1cccc(-n2c(O)ccc2O)c1. The summed E-state index contributed by atoms with van der Waals surface area (Å²) in [6.07, 6.45) is 0. The summed E-state index contributed by atoms with van der Waals surface area (Å²) in [6.45, 7) is 1.96. The Morgan fingerprint density at radius 3 is 2.21 bits per heavy atom. The maximum atomic E-state index is 9.48. The minimum atomic E-state index is 0.0353. The van der Waals surface area contributed by atoms with E-state index in [0.29, 0.717) is 0 Å². The number of rotatable bonds is 1. The fourth-order valence-electron chi connectivity index (χ4n) is 1.45. The third-order valence-corrected chi connectivity index (χ3v) is 2.10. The summed E-state index contributed by atoms with van der Waals surface area (Å²) in [5.74, 6) is 0.0706. The summed E-state index contributed by atoms with van der Waals surface area (Å²) in [6, 6.07) is 10.5. The van der Waals surface area contributed by atoms with Crippen molar-refractivity contribution in [2.45, 2.75) is 6.92 Å². The number of hydrogen-bond donors (Lipinski definition) is 2. The molecule has 0 aliphatic heterocycles. The van der Waals surface area contributed by atoms with Crippen LogP contribution >= 0.6 is 0 Å². The van der Waals surface area contributed by atoms with Crippen molar-refractivity contribution < 1.29 is 10.2 Å². The fraction of sp³-hybridized carbons (Fsp3) is 0.0909. The highest BCUT2D eigenvalue weighted by molar-refractivity contribution is 5.43. The Hall–Kier alpha value is -1.90. The van der Waals surface area contributed by atoms with Crippen molar-refractivity contribution in [2.24, 2.45) is 0 Å². The van der Waals surface area contributed by atoms with Gasteiger partial charge < -0.3 is 10.2 Å². The lowest BCUT2D eigenvalue weighted by molar-refractivity contribution is 0.402. The van der Waals surface area contributed by atoms with E-state index in [4.69, 9.17) is 0 Å². The molecule has 0 saturated heterocycles. The van der Waals surface area contributed by atoms with Crippen LogP contribution < -0.4 is 0 Å². The first-order chi connectivity index (χ1) is 6.68. The van der Waals surface area contributed by atoms with Crippen molar-refractivity contribution in [3.05, 3.63) is 42.0 Å². The Morgan fingerprint density at radius 2 is 1.64 bits per heavy atom. The lowest BCUT2D eigenvalue weighted by atomic mass is 10.2. The third-order valence-electron chi connectivity index (χ3n) is 2.10. The third kappa shape index (κ3) is 1.33. The second kappa shape index (κ2) is 3.10. The van der Waals surface area contributed by atoms with Crippen LogP contribution in [0.5, 0.6) is 11.8 Å². The van der Waals surface area contributed by atoms with Gasteiger partial charge in [0.2, 0.25) is 0 Å². The molecule has 0 saturated carbocycles. The van der Waals surface area contributed by atoms with E-state index < -0.39 is 0 Å². The highest BCUT2D eigenvalue weighted by atomic mass is 16.3. The molecular formula is C11H11NO2. The second-order valence-electron chi connectivity index (χ2n) is 3.22. The second-order valence-corrected chi connectivity index (χ2v) is 3.22. The fourth-order valence-corrected chi connectivity index (χ4v) is 1.45. The van der Waals surface area contributed by atoms with Gasteiger partial charge in [0, 0.05) is 12.1 Å². The minimum absolute atomic E-state index is 0.0353. The lowest BCUT2D eigenvalue weighted by Crippen LogP contribution is -1.92. The Labute approximate surface area is 81.9 Å². The van der Waals surface area contributed by atoms with E-state index in [1.54, 1.807) is 0 Å². The van der Waals surface area contributed by atoms with Gasteiger partial charge in [0.25, 0.3) is 0 Å². The average molecular weight is 189 g/mol. The first-order valence-corrected chi connectivity index (χ1v) is 4.35. The molecule has 1 aromatic carbocycles. The Balaban J connectivity index is 2.59. The van der Waals surface area contributed by atoms with Crippen molar-refractivity contribution in [2.75, 3.05) is 0 Å². The Morgan fingerprint density at radius 1 is 1.00 bits per heavy atom. The standard InChI is InChI=1S/C11H11NO2/c1-8-3-2-4-9(7-8)12-10(13)5-6-11(12)14/h2-7,13-14H,1H3. The maximum absolute atomic E-state index is 9.48. The molecule has 0 fully saturated rings. The van der Waals surface area contributed by atoms with Crippen LogP contribution in [0.2, 0.25) is 0 Å². The molecule has 0 amide bonds. The van der Waals surface area contributed by atoms with Crippen LogP contribution in [0, 0.1) is 6.92 Å². The van der Waals surface area contributed by atoms with Crippen molar-refractivity contribution in [1.29, 1.82) is 0 Å². The molecule has 2 rings (SSSR count). The molecule has 0 bridgehead atoms. The van der Waals surface area contributed by atoms with E-state index >= 15 is 0 Å². The van der Waals surface area contributed by atoms with Gasteiger partial charge in [0.15, 0.2) is 11.8 Å². The normalized spacial score (nSPS) is 10.4. The number of nitrogens with zero attached hydrogens (tertiary/aromatic N) is 1. The first kappa shape index (κ1) is 8.69. The molecule has 0 aliphatic carbocycles. The zero-order chi connectivity index (χ0) is 10.1. The van der Waals surface area contributed by atoms with Crippen LogP contribution in [0.15, 0.2) is 36.4 Å². The zero-order valence-corrected chi connectivity index (χ0v) is 7.81. The van der Waals surface area contributed by atoms with E-state index in [1.165, 1.54) is 16.7 Å². The smallest absolute Gasteiger partial charge is 0.198 e. The van der Waals surface area contributed by atoms with E-state index in [9.17, 15) is 10.2 Å². The monoisotopic (exact) mass is 189 g/mol. The molecule has 2 N–H and O–H groups in total. The van der Waals surface area contributed by atoms with Crippen LogP contribution in [0.4, 0.5) is 0 Å². The molecule has 3 heteroatoms. The molecule has 0 aliphatic rings. The quantitative estimate of drug-likeness (QED) is 0.722. The van der Waals surface area contributed by atoms with E-state index in [-0.39, 0.29) is 11.8 Å². The molecule has 0 radical (unpaired) electrons. The van der Waals surface area contributed by atoms with E-state index in [1.807, 2.05) is 31.2 Å². The van der Waals surface area contributed by atoms with Gasteiger partial charge in [-0.1, -0.05) is 12.1 Å². The number of aryl methyl sites for hydroxylation is 1. The number of hydrogen-bond acceptors (Lipinski definition) is 2. The summed E-state index contributed by atoms with van der Waals surface area (Å²) in [5, 5.41) is 19.0. The number of aromatic nitrogens is 1. The Bertz CT molecular complexity index is 441. The minimum Gasteiger partial charge on any atom is -0.494 e. The average Bonchev–Trinajstić information content (AvgIpc) is 2.46. The summed E-state index contributed by atoms with van der Waals surface area (Å²) in [5.41, 5.74) is 1.83. The van der Waals surface area contributed by atoms with Gasteiger partial charge in [-0.25, -0.2) is 0 Å². The number of benzene rings is 1. The van der Waals surface area contributed by atoms with Gasteiger partial charge in [-0.3, -0.25) is 4.57 Å². The molecule has 1 aromatic heterocycles. The molecule has 2 aromatic rings. The summed E-state index contributed by atoms with van der Waals surface area (Å²) >= 11 is 0. The van der Waals surface area contributed by atoms with Gasteiger partial charge in [0.05, 0.1) is 5.69 Å². The molecular weight excluding hydrogens is 178 g/mol. The van der Waals surface area contributed by atoms with Crippen molar-refractivity contribution in [3.63, 3.8) is 0 Å². The molecule has 0 spiro atoms. The van der Waals surface area contributed by atoms with E-state index in [2.05, 4.69) is 0 Å². The van der Waals surface area contributed by atoms with Gasteiger partial charge >= 0.3 is 0 Å². The van der Waals surface area contributed by atoms with Crippen molar-refractivity contribution >= 4 is 0 Å². The van der Waals surface area contributed by atoms with Gasteiger partial charge in [-0.15, -0.1) is 0 Å². The van der Waals surface area contributed by atoms with Crippen LogP contribution in [0.1, 0.15) is 5.56 Å². The van der Waals surface area contributed by atoms with Crippen molar-refractivity contribution in [1.82, 2.24) is 4.57 Å². The highest BCUT2D eigenvalue weighted by Gasteiger charge is 2.07. The van der Waals surface area contributed by atoms with Crippen LogP contribution in [0.25, 0.3) is 5.69 Å². The van der Waals surface area contributed by atoms with Gasteiger partial charge in [-0.2, -0.15) is 0 Å². The van der Waals surface area contributed by atoms with E-state index in [0.717, 1.165) is 11.3 Å². The molecule has 72 valence electrons. The molecule has 3 nitrogen and oxygen atoms in total. The molecule has 0 unspecified atom stereocenters. The predicted octanol–water partition coefficient (Wildman–Crippen LogP) is 2.20. The number of aromatic hydroxyl groups is 2. The summed E-state index contributed by atoms with van der Waals surface area (Å²) in [7, 11) is 0. The zero-order valence-electron chi connectivity index (χ0n) is 7.81. The first-order valence-electron chi connectivity index (χ1n) is 4.35. The molecule has 1 heterocycles. The molecule has 0 atom stereocenters. The van der Waals surface area contributed by atoms with Gasteiger partial charge in [0.1, 0.15) is 0 Å². The predicted molar refractivity (Wildman–Crippen MR) is 53.8 cm³/mol. The summed E-state index contributed by atoms with van der Waals surface area (Å²) < 4.78 is 1.38. The van der Waals surface area contributed by atoms with Crippen LogP contribution in [-0.4, -0.2) is 14.8 Å². The molecule has 14 heavy (non-hydrogen) atoms. The summed E-state index contributed by atoms with van der Waals surface area (Å²) in [4.78, 5) is 0. The van der Waals surface area contributed by atoms with Crippen LogP contribution in [0.3, 0.4) is 0 Å². The van der Waals surface area contributed by atoms with Crippen LogP contribution in [-0.2, 0) is 0 Å². The Kier molecular flexibility index (Phi) is 1.93.